The van der Waals surface area contributed by atoms with E-state index in [-0.39, 0.29) is 5.91 Å². The molecule has 2 aromatic heterocycles. The Bertz CT molecular complexity index is 1040. The molecule has 2 aliphatic rings. The van der Waals surface area contributed by atoms with Gasteiger partial charge in [0.1, 0.15) is 5.01 Å². The molecular weight excluding hydrogens is 394 g/mol. The van der Waals surface area contributed by atoms with Gasteiger partial charge in [0, 0.05) is 61.3 Å². The number of hydrogen-bond acceptors (Lipinski definition) is 5. The Morgan fingerprint density at radius 3 is 2.70 bits per heavy atom. The summed E-state index contributed by atoms with van der Waals surface area (Å²) in [6.45, 7) is 7.18. The first kappa shape index (κ1) is 19.5. The van der Waals surface area contributed by atoms with Gasteiger partial charge in [0.25, 0.3) is 5.91 Å². The summed E-state index contributed by atoms with van der Waals surface area (Å²) in [5.41, 5.74) is 5.23. The first-order valence-corrected chi connectivity index (χ1v) is 11.7. The molecule has 0 unspecified atom stereocenters. The van der Waals surface area contributed by atoms with Crippen molar-refractivity contribution in [3.63, 3.8) is 0 Å². The molecule has 5 rings (SSSR count). The van der Waals surface area contributed by atoms with Gasteiger partial charge in [-0.1, -0.05) is 30.3 Å². The van der Waals surface area contributed by atoms with E-state index in [0.717, 1.165) is 80.4 Å². The Labute approximate surface area is 181 Å². The van der Waals surface area contributed by atoms with Crippen LogP contribution >= 0.6 is 11.3 Å². The third-order valence-electron chi connectivity index (χ3n) is 6.09. The van der Waals surface area contributed by atoms with Gasteiger partial charge in [-0.2, -0.15) is 5.10 Å². The minimum atomic E-state index is 0.110. The molecule has 0 radical (unpaired) electrons. The van der Waals surface area contributed by atoms with Gasteiger partial charge < -0.3 is 4.90 Å². The van der Waals surface area contributed by atoms with Gasteiger partial charge in [-0.15, -0.1) is 11.3 Å². The summed E-state index contributed by atoms with van der Waals surface area (Å²) in [5, 5.41) is 7.98. The fraction of sp³-hybridized carbons (Fsp3) is 0.435. The van der Waals surface area contributed by atoms with Crippen LogP contribution in [0.3, 0.4) is 0 Å². The van der Waals surface area contributed by atoms with Crippen molar-refractivity contribution in [1.82, 2.24) is 24.6 Å². The van der Waals surface area contributed by atoms with Gasteiger partial charge in [0.05, 0.1) is 12.2 Å². The van der Waals surface area contributed by atoms with Gasteiger partial charge in [0.15, 0.2) is 5.69 Å². The maximum absolute atomic E-state index is 13.1. The van der Waals surface area contributed by atoms with Crippen LogP contribution in [0.5, 0.6) is 0 Å². The highest BCUT2D eigenvalue weighted by molar-refractivity contribution is 7.09. The Morgan fingerprint density at radius 2 is 1.93 bits per heavy atom. The quantitative estimate of drug-likeness (QED) is 0.628. The summed E-state index contributed by atoms with van der Waals surface area (Å²) < 4.78 is 2.03. The topological polar surface area (TPSA) is 54.3 Å². The lowest BCUT2D eigenvalue weighted by molar-refractivity contribution is 0.0783. The molecule has 4 heterocycles. The number of carbonyl (C=O) groups excluding carboxylic acids is 1. The van der Waals surface area contributed by atoms with Crippen LogP contribution in [0, 0.1) is 0 Å². The SMILES string of the molecule is CCn1nc(C(=O)N2CCCC2)c2c1CCN(Cc1nc(-c3ccccc3)cs1)C2. The molecule has 156 valence electrons. The van der Waals surface area contributed by atoms with Crippen molar-refractivity contribution in [3.8, 4) is 11.3 Å². The lowest BCUT2D eigenvalue weighted by Gasteiger charge is -2.27. The van der Waals surface area contributed by atoms with Crippen LogP contribution in [0.2, 0.25) is 0 Å². The number of benzene rings is 1. The number of thiazole rings is 1. The van der Waals surface area contributed by atoms with Gasteiger partial charge >= 0.3 is 0 Å². The number of rotatable bonds is 5. The number of amides is 1. The van der Waals surface area contributed by atoms with Crippen LogP contribution in [0.15, 0.2) is 35.7 Å². The van der Waals surface area contributed by atoms with E-state index < -0.39 is 0 Å². The van der Waals surface area contributed by atoms with Crippen LogP contribution < -0.4 is 0 Å². The average molecular weight is 422 g/mol. The zero-order valence-electron chi connectivity index (χ0n) is 17.4. The summed E-state index contributed by atoms with van der Waals surface area (Å²) in [5.74, 6) is 0.110. The molecule has 0 saturated carbocycles. The normalized spacial score (nSPS) is 16.8. The van der Waals surface area contributed by atoms with Crippen molar-refractivity contribution in [2.24, 2.45) is 0 Å². The maximum Gasteiger partial charge on any atom is 0.274 e. The van der Waals surface area contributed by atoms with Crippen molar-refractivity contribution < 1.29 is 4.79 Å². The summed E-state index contributed by atoms with van der Waals surface area (Å²) in [6.07, 6.45) is 3.13. The molecule has 0 spiro atoms. The standard InChI is InChI=1S/C23H27N5OS/c1-2-28-20-10-13-26(14-18(20)22(25-28)23(29)27-11-6-7-12-27)15-21-24-19(16-30-21)17-8-4-3-5-9-17/h3-5,8-9,16H,2,6-7,10-15H2,1H3. The zero-order chi connectivity index (χ0) is 20.5. The number of hydrogen-bond donors (Lipinski definition) is 0. The number of aryl methyl sites for hydroxylation is 1. The Hall–Kier alpha value is -2.51. The zero-order valence-corrected chi connectivity index (χ0v) is 18.2. The third kappa shape index (κ3) is 3.68. The van der Waals surface area contributed by atoms with E-state index in [1.165, 1.54) is 5.69 Å². The summed E-state index contributed by atoms with van der Waals surface area (Å²) in [6, 6.07) is 10.3. The molecular formula is C23H27N5OS. The first-order valence-electron chi connectivity index (χ1n) is 10.8. The largest absolute Gasteiger partial charge is 0.337 e. The number of nitrogens with zero attached hydrogens (tertiary/aromatic N) is 5. The summed E-state index contributed by atoms with van der Waals surface area (Å²) in [7, 11) is 0. The van der Waals surface area contributed by atoms with Crippen LogP contribution in [0.1, 0.15) is 46.5 Å². The highest BCUT2D eigenvalue weighted by atomic mass is 32.1. The molecule has 7 heteroatoms. The first-order chi connectivity index (χ1) is 14.7. The Balaban J connectivity index is 1.35. The number of aromatic nitrogens is 3. The molecule has 0 N–H and O–H groups in total. The van der Waals surface area contributed by atoms with E-state index in [0.29, 0.717) is 5.69 Å². The summed E-state index contributed by atoms with van der Waals surface area (Å²) >= 11 is 1.71. The fourth-order valence-electron chi connectivity index (χ4n) is 4.50. The molecule has 1 aromatic carbocycles. The molecule has 0 atom stereocenters. The number of likely N-dealkylation sites (tertiary alicyclic amines) is 1. The van der Waals surface area contributed by atoms with E-state index in [2.05, 4.69) is 29.3 Å². The lowest BCUT2D eigenvalue weighted by atomic mass is 10.0. The monoisotopic (exact) mass is 421 g/mol. The molecule has 30 heavy (non-hydrogen) atoms. The van der Waals surface area contributed by atoms with Crippen LogP contribution in [-0.2, 0) is 26.1 Å². The van der Waals surface area contributed by atoms with Crippen LogP contribution in [0.25, 0.3) is 11.3 Å². The van der Waals surface area contributed by atoms with Crippen molar-refractivity contribution in [2.75, 3.05) is 19.6 Å². The second-order valence-corrected chi connectivity index (χ2v) is 8.98. The molecule has 1 fully saturated rings. The van der Waals surface area contributed by atoms with Crippen LogP contribution in [-0.4, -0.2) is 50.1 Å². The second-order valence-electron chi connectivity index (χ2n) is 8.04. The maximum atomic E-state index is 13.1. The molecule has 6 nitrogen and oxygen atoms in total. The highest BCUT2D eigenvalue weighted by Gasteiger charge is 2.31. The molecule has 1 amide bonds. The number of fused-ring (bicyclic) bond motifs is 1. The minimum absolute atomic E-state index is 0.110. The second kappa shape index (κ2) is 8.32. The van der Waals surface area contributed by atoms with Crippen molar-refractivity contribution in [2.45, 2.75) is 45.8 Å². The van der Waals surface area contributed by atoms with Gasteiger partial charge in [0.2, 0.25) is 0 Å². The summed E-state index contributed by atoms with van der Waals surface area (Å²) in [4.78, 5) is 22.3. The molecule has 2 aliphatic heterocycles. The van der Waals surface area contributed by atoms with E-state index in [4.69, 9.17) is 10.1 Å². The average Bonchev–Trinajstić information content (AvgIpc) is 3.54. The predicted octanol–water partition coefficient (Wildman–Crippen LogP) is 3.82. The third-order valence-corrected chi connectivity index (χ3v) is 6.92. The van der Waals surface area contributed by atoms with Gasteiger partial charge in [-0.05, 0) is 19.8 Å². The van der Waals surface area contributed by atoms with Gasteiger partial charge in [-0.3, -0.25) is 14.4 Å². The van der Waals surface area contributed by atoms with E-state index in [9.17, 15) is 4.79 Å². The molecule has 3 aromatic rings. The smallest absolute Gasteiger partial charge is 0.274 e. The van der Waals surface area contributed by atoms with Crippen molar-refractivity contribution in [1.29, 1.82) is 0 Å². The molecule has 1 saturated heterocycles. The number of carbonyl (C=O) groups is 1. The van der Waals surface area contributed by atoms with E-state index in [1.54, 1.807) is 11.3 Å². The predicted molar refractivity (Wildman–Crippen MR) is 118 cm³/mol. The fourth-order valence-corrected chi connectivity index (χ4v) is 5.35. The Morgan fingerprint density at radius 1 is 1.13 bits per heavy atom. The van der Waals surface area contributed by atoms with E-state index >= 15 is 0 Å². The van der Waals surface area contributed by atoms with Crippen LogP contribution in [0.4, 0.5) is 0 Å². The van der Waals surface area contributed by atoms with Crippen molar-refractivity contribution in [3.05, 3.63) is 57.7 Å². The highest BCUT2D eigenvalue weighted by Crippen LogP contribution is 2.28. The van der Waals surface area contributed by atoms with E-state index in [1.807, 2.05) is 27.8 Å². The molecule has 0 bridgehead atoms. The molecule has 0 aliphatic carbocycles. The minimum Gasteiger partial charge on any atom is -0.337 e. The van der Waals surface area contributed by atoms with Crippen molar-refractivity contribution >= 4 is 17.2 Å². The lowest BCUT2D eigenvalue weighted by Crippen LogP contribution is -2.33. The van der Waals surface area contributed by atoms with Gasteiger partial charge in [-0.25, -0.2) is 4.98 Å². The Kier molecular flexibility index (Phi) is 5.39.